The molecule has 2 aromatic rings. The van der Waals surface area contributed by atoms with E-state index in [0.717, 1.165) is 72.9 Å². The first kappa shape index (κ1) is 25.7. The van der Waals surface area contributed by atoms with Gasteiger partial charge in [-0.1, -0.05) is 12.1 Å². The van der Waals surface area contributed by atoms with Gasteiger partial charge >= 0.3 is 6.03 Å². The summed E-state index contributed by atoms with van der Waals surface area (Å²) >= 11 is 8.12. The van der Waals surface area contributed by atoms with Crippen molar-refractivity contribution in [2.24, 2.45) is 0 Å². The summed E-state index contributed by atoms with van der Waals surface area (Å²) in [6, 6.07) is 10.9. The van der Waals surface area contributed by atoms with Crippen molar-refractivity contribution < 1.29 is 14.4 Å². The summed E-state index contributed by atoms with van der Waals surface area (Å²) in [6.07, 6.45) is 3.84. The van der Waals surface area contributed by atoms with Gasteiger partial charge in [0.15, 0.2) is 0 Å². The Hall–Kier alpha value is -1.95. The van der Waals surface area contributed by atoms with Crippen molar-refractivity contribution in [2.75, 3.05) is 46.7 Å². The number of nitrogens with zero attached hydrogens (tertiary/aromatic N) is 2. The van der Waals surface area contributed by atoms with E-state index in [1.807, 2.05) is 93.2 Å². The first-order valence-corrected chi connectivity index (χ1v) is 17.9. The SMILES string of the molecule is O=C(Nc1cccc2c1C1CC3(CCN1C2=O)SCCS3)Nc1cccc2c1C1CC3(CCN1C2=O)SCCS3. The van der Waals surface area contributed by atoms with Crippen LogP contribution in [0.15, 0.2) is 36.4 Å². The lowest BCUT2D eigenvalue weighted by Crippen LogP contribution is -2.41. The van der Waals surface area contributed by atoms with Gasteiger partial charge in [0.2, 0.25) is 0 Å². The average Bonchev–Trinajstić information content (AvgIpc) is 3.72. The Bertz CT molecular complexity index is 1330. The van der Waals surface area contributed by atoms with Gasteiger partial charge in [-0.2, -0.15) is 0 Å². The molecule has 2 unspecified atom stereocenters. The zero-order chi connectivity index (χ0) is 27.1. The maximum atomic E-state index is 13.5. The van der Waals surface area contributed by atoms with Crippen LogP contribution in [0.1, 0.15) is 69.6 Å². The maximum absolute atomic E-state index is 13.5. The number of hydrogen-bond acceptors (Lipinski definition) is 7. The van der Waals surface area contributed by atoms with E-state index in [2.05, 4.69) is 10.6 Å². The molecule has 6 aliphatic rings. The number of piperidine rings is 2. The molecule has 2 spiro atoms. The number of urea groups is 1. The van der Waals surface area contributed by atoms with Crippen LogP contribution in [0.25, 0.3) is 0 Å². The van der Waals surface area contributed by atoms with Crippen LogP contribution in [-0.4, -0.2) is 71.9 Å². The number of hydrogen-bond donors (Lipinski definition) is 2. The van der Waals surface area contributed by atoms with E-state index in [1.54, 1.807) is 0 Å². The molecule has 4 saturated heterocycles. The fraction of sp³-hybridized carbons (Fsp3) is 0.483. The predicted molar refractivity (Wildman–Crippen MR) is 167 cm³/mol. The van der Waals surface area contributed by atoms with Crippen LogP contribution in [0, 0.1) is 0 Å². The highest BCUT2D eigenvalue weighted by molar-refractivity contribution is 8.21. The number of fused-ring (bicyclic) bond motifs is 6. The van der Waals surface area contributed by atoms with Crippen molar-refractivity contribution in [1.82, 2.24) is 9.80 Å². The van der Waals surface area contributed by atoms with Crippen molar-refractivity contribution in [2.45, 2.75) is 45.9 Å². The average molecular weight is 611 g/mol. The highest BCUT2D eigenvalue weighted by atomic mass is 32.2. The molecule has 8 rings (SSSR count). The number of benzene rings is 2. The molecule has 2 aromatic carbocycles. The molecule has 2 N–H and O–H groups in total. The van der Waals surface area contributed by atoms with Gasteiger partial charge in [-0.3, -0.25) is 9.59 Å². The monoisotopic (exact) mass is 610 g/mol. The van der Waals surface area contributed by atoms with Crippen LogP contribution in [0.3, 0.4) is 0 Å². The highest BCUT2D eigenvalue weighted by Gasteiger charge is 2.51. The lowest BCUT2D eigenvalue weighted by Gasteiger charge is -2.41. The fourth-order valence-electron chi connectivity index (χ4n) is 7.45. The smallest absolute Gasteiger partial charge is 0.323 e. The Morgan fingerprint density at radius 2 is 1.12 bits per heavy atom. The molecule has 11 heteroatoms. The third-order valence-electron chi connectivity index (χ3n) is 9.21. The molecule has 6 heterocycles. The minimum Gasteiger partial charge on any atom is -0.331 e. The minimum absolute atomic E-state index is 0.0159. The number of carbonyl (C=O) groups excluding carboxylic acids is 3. The molecular weight excluding hydrogens is 581 g/mol. The molecule has 7 nitrogen and oxygen atoms in total. The molecule has 0 radical (unpaired) electrons. The van der Waals surface area contributed by atoms with Gasteiger partial charge in [0.25, 0.3) is 11.8 Å². The van der Waals surface area contributed by atoms with Gasteiger partial charge in [-0.15, -0.1) is 47.0 Å². The van der Waals surface area contributed by atoms with Crippen molar-refractivity contribution in [1.29, 1.82) is 0 Å². The maximum Gasteiger partial charge on any atom is 0.323 e. The van der Waals surface area contributed by atoms with Crippen LogP contribution >= 0.6 is 47.0 Å². The van der Waals surface area contributed by atoms with E-state index in [4.69, 9.17) is 0 Å². The third-order valence-corrected chi connectivity index (χ3v) is 16.4. The first-order chi connectivity index (χ1) is 19.5. The fourth-order valence-corrected chi connectivity index (χ4v) is 14.0. The van der Waals surface area contributed by atoms with E-state index in [-0.39, 0.29) is 38.1 Å². The second-order valence-corrected chi connectivity index (χ2v) is 17.7. The summed E-state index contributed by atoms with van der Waals surface area (Å²) in [5, 5.41) is 6.19. The number of rotatable bonds is 2. The standard InChI is InChI=1S/C29H30N4O3S4/c34-25-17-3-1-5-19(23(17)21-15-28(7-9-32(21)25)37-11-12-38-28)30-27(36)31-20-6-2-4-18-24(20)22-16-29(39-13-14-40-29)8-10-33(22)26(18)35/h1-6,21-22H,7-16H2,(H2,30,31,36). The molecule has 40 heavy (non-hydrogen) atoms. The van der Waals surface area contributed by atoms with Gasteiger partial charge < -0.3 is 20.4 Å². The van der Waals surface area contributed by atoms with E-state index in [1.165, 1.54) is 0 Å². The van der Waals surface area contributed by atoms with E-state index in [0.29, 0.717) is 22.5 Å². The molecule has 0 saturated carbocycles. The van der Waals surface area contributed by atoms with Gasteiger partial charge in [-0.05, 0) is 49.9 Å². The lowest BCUT2D eigenvalue weighted by molar-refractivity contribution is 0.0662. The number of amides is 4. The lowest BCUT2D eigenvalue weighted by atomic mass is 9.94. The molecule has 4 fully saturated rings. The van der Waals surface area contributed by atoms with E-state index >= 15 is 0 Å². The van der Waals surface area contributed by atoms with Gasteiger partial charge in [-0.25, -0.2) is 4.79 Å². The van der Waals surface area contributed by atoms with Crippen molar-refractivity contribution in [3.8, 4) is 0 Å². The minimum atomic E-state index is -0.344. The molecule has 6 aliphatic heterocycles. The number of carbonyl (C=O) groups is 3. The topological polar surface area (TPSA) is 81.8 Å². The first-order valence-electron chi connectivity index (χ1n) is 14.0. The van der Waals surface area contributed by atoms with E-state index < -0.39 is 0 Å². The Balaban J connectivity index is 1.07. The van der Waals surface area contributed by atoms with E-state index in [9.17, 15) is 14.4 Å². The largest absolute Gasteiger partial charge is 0.331 e. The van der Waals surface area contributed by atoms with Gasteiger partial charge in [0.05, 0.1) is 20.2 Å². The quantitative estimate of drug-likeness (QED) is 0.415. The molecule has 0 aliphatic carbocycles. The summed E-state index contributed by atoms with van der Waals surface area (Å²) in [5.74, 6) is 4.76. The molecule has 2 atom stereocenters. The normalized spacial score (nSPS) is 27.1. The molecule has 0 aromatic heterocycles. The zero-order valence-corrected chi connectivity index (χ0v) is 25.2. The van der Waals surface area contributed by atoms with Crippen molar-refractivity contribution in [3.05, 3.63) is 58.7 Å². The van der Waals surface area contributed by atoms with Crippen LogP contribution in [0.2, 0.25) is 0 Å². The van der Waals surface area contributed by atoms with Gasteiger partial charge in [0.1, 0.15) is 0 Å². The van der Waals surface area contributed by atoms with Crippen LogP contribution in [0.4, 0.5) is 16.2 Å². The van der Waals surface area contributed by atoms with Crippen LogP contribution in [-0.2, 0) is 0 Å². The third kappa shape index (κ3) is 3.94. The Kier molecular flexibility index (Phi) is 6.14. The van der Waals surface area contributed by atoms with Crippen LogP contribution in [0.5, 0.6) is 0 Å². The Morgan fingerprint density at radius 1 is 0.700 bits per heavy atom. The molecule has 0 bridgehead atoms. The Labute approximate surface area is 250 Å². The highest BCUT2D eigenvalue weighted by Crippen LogP contribution is 2.59. The van der Waals surface area contributed by atoms with Crippen molar-refractivity contribution >= 4 is 76.3 Å². The Morgan fingerprint density at radius 3 is 1.55 bits per heavy atom. The number of nitrogens with one attached hydrogen (secondary N) is 2. The van der Waals surface area contributed by atoms with Crippen LogP contribution < -0.4 is 10.6 Å². The molecule has 208 valence electrons. The summed E-state index contributed by atoms with van der Waals surface area (Å²) < 4.78 is 0.323. The number of thioether (sulfide) groups is 4. The molecular formula is C29H30N4O3S4. The second-order valence-electron chi connectivity index (χ2n) is 11.3. The molecule has 4 amide bonds. The second kappa shape index (κ2) is 9.54. The van der Waals surface area contributed by atoms with Gasteiger partial charge in [0, 0.05) is 69.7 Å². The summed E-state index contributed by atoms with van der Waals surface area (Å²) in [6.45, 7) is 1.51. The number of anilines is 2. The predicted octanol–water partition coefficient (Wildman–Crippen LogP) is 6.26. The van der Waals surface area contributed by atoms with Crippen molar-refractivity contribution in [3.63, 3.8) is 0 Å². The summed E-state index contributed by atoms with van der Waals surface area (Å²) in [4.78, 5) is 44.1. The summed E-state index contributed by atoms with van der Waals surface area (Å²) in [7, 11) is 0. The summed E-state index contributed by atoms with van der Waals surface area (Å²) in [5.41, 5.74) is 4.68. The zero-order valence-electron chi connectivity index (χ0n) is 21.9.